The predicted molar refractivity (Wildman–Crippen MR) is 88.6 cm³/mol. The van der Waals surface area contributed by atoms with Gasteiger partial charge in [0, 0.05) is 43.8 Å². The SMILES string of the molecule is CC(C)c1nccn1CC1CCN(Cc2cccnc2)CC1. The van der Waals surface area contributed by atoms with Crippen LogP contribution in [-0.4, -0.2) is 32.5 Å². The minimum Gasteiger partial charge on any atom is -0.334 e. The van der Waals surface area contributed by atoms with E-state index in [2.05, 4.69) is 45.5 Å². The fraction of sp³-hybridized carbons (Fsp3) is 0.556. The van der Waals surface area contributed by atoms with Gasteiger partial charge in [0.1, 0.15) is 5.82 Å². The lowest BCUT2D eigenvalue weighted by molar-refractivity contribution is 0.166. The molecule has 0 bridgehead atoms. The molecule has 0 amide bonds. The van der Waals surface area contributed by atoms with Crippen LogP contribution in [-0.2, 0) is 13.1 Å². The molecule has 3 rings (SSSR count). The Bertz CT molecular complexity index is 568. The smallest absolute Gasteiger partial charge is 0.111 e. The summed E-state index contributed by atoms with van der Waals surface area (Å²) >= 11 is 0. The topological polar surface area (TPSA) is 34.0 Å². The summed E-state index contributed by atoms with van der Waals surface area (Å²) in [5, 5.41) is 0. The summed E-state index contributed by atoms with van der Waals surface area (Å²) in [6.07, 6.45) is 10.4. The van der Waals surface area contributed by atoms with E-state index in [1.807, 2.05) is 24.7 Å². The van der Waals surface area contributed by atoms with Crippen LogP contribution in [0.3, 0.4) is 0 Å². The Morgan fingerprint density at radius 2 is 2.05 bits per heavy atom. The van der Waals surface area contributed by atoms with Gasteiger partial charge in [0.25, 0.3) is 0 Å². The molecule has 118 valence electrons. The molecule has 1 aliphatic rings. The molecule has 0 N–H and O–H groups in total. The molecule has 0 unspecified atom stereocenters. The second-order valence-corrected chi connectivity index (χ2v) is 6.67. The lowest BCUT2D eigenvalue weighted by Gasteiger charge is -2.32. The molecule has 22 heavy (non-hydrogen) atoms. The van der Waals surface area contributed by atoms with Crippen LogP contribution in [0.25, 0.3) is 0 Å². The molecule has 3 heterocycles. The Labute approximate surface area is 133 Å². The van der Waals surface area contributed by atoms with Gasteiger partial charge >= 0.3 is 0 Å². The molecule has 2 aromatic heterocycles. The van der Waals surface area contributed by atoms with Crippen LogP contribution in [0, 0.1) is 5.92 Å². The van der Waals surface area contributed by atoms with Gasteiger partial charge < -0.3 is 4.57 Å². The van der Waals surface area contributed by atoms with Crippen LogP contribution >= 0.6 is 0 Å². The van der Waals surface area contributed by atoms with Gasteiger partial charge in [-0.1, -0.05) is 19.9 Å². The summed E-state index contributed by atoms with van der Waals surface area (Å²) in [4.78, 5) is 11.2. The third kappa shape index (κ3) is 3.74. The van der Waals surface area contributed by atoms with Crippen LogP contribution in [0.15, 0.2) is 36.9 Å². The van der Waals surface area contributed by atoms with Crippen molar-refractivity contribution in [2.75, 3.05) is 13.1 Å². The molecule has 4 heteroatoms. The average Bonchev–Trinajstić information content (AvgIpc) is 2.99. The second-order valence-electron chi connectivity index (χ2n) is 6.67. The fourth-order valence-corrected chi connectivity index (χ4v) is 3.33. The van der Waals surface area contributed by atoms with Crippen molar-refractivity contribution in [3.05, 3.63) is 48.3 Å². The molecular formula is C18H26N4. The van der Waals surface area contributed by atoms with Crippen molar-refractivity contribution in [2.24, 2.45) is 5.92 Å². The second kappa shape index (κ2) is 7.05. The molecule has 0 aliphatic carbocycles. The number of rotatable bonds is 5. The van der Waals surface area contributed by atoms with Gasteiger partial charge in [-0.2, -0.15) is 0 Å². The highest BCUT2D eigenvalue weighted by atomic mass is 15.1. The largest absolute Gasteiger partial charge is 0.334 e. The van der Waals surface area contributed by atoms with Crippen molar-refractivity contribution in [1.29, 1.82) is 0 Å². The van der Waals surface area contributed by atoms with E-state index in [0.717, 1.165) is 19.0 Å². The number of nitrogens with zero attached hydrogens (tertiary/aromatic N) is 4. The molecule has 0 saturated carbocycles. The zero-order valence-corrected chi connectivity index (χ0v) is 13.7. The number of imidazole rings is 1. The summed E-state index contributed by atoms with van der Waals surface area (Å²) in [6.45, 7) is 8.96. The summed E-state index contributed by atoms with van der Waals surface area (Å²) in [6, 6.07) is 4.19. The minimum atomic E-state index is 0.501. The van der Waals surface area contributed by atoms with Gasteiger partial charge in [-0.05, 0) is 43.5 Å². The van der Waals surface area contributed by atoms with E-state index in [9.17, 15) is 0 Å². The highest BCUT2D eigenvalue weighted by Crippen LogP contribution is 2.22. The van der Waals surface area contributed by atoms with E-state index in [0.29, 0.717) is 5.92 Å². The minimum absolute atomic E-state index is 0.501. The van der Waals surface area contributed by atoms with Crippen molar-refractivity contribution in [2.45, 2.75) is 45.7 Å². The monoisotopic (exact) mass is 298 g/mol. The average molecular weight is 298 g/mol. The third-order valence-corrected chi connectivity index (χ3v) is 4.56. The molecule has 0 radical (unpaired) electrons. The highest BCUT2D eigenvalue weighted by Gasteiger charge is 2.20. The highest BCUT2D eigenvalue weighted by molar-refractivity contribution is 5.08. The fourth-order valence-electron chi connectivity index (χ4n) is 3.33. The number of aromatic nitrogens is 3. The van der Waals surface area contributed by atoms with Crippen molar-refractivity contribution in [3.8, 4) is 0 Å². The van der Waals surface area contributed by atoms with Crippen LogP contribution in [0.4, 0.5) is 0 Å². The molecule has 1 aliphatic heterocycles. The van der Waals surface area contributed by atoms with Crippen molar-refractivity contribution in [3.63, 3.8) is 0 Å². The van der Waals surface area contributed by atoms with E-state index in [1.165, 1.54) is 37.3 Å². The standard InChI is InChI=1S/C18H26N4/c1-15(2)18-20-8-11-22(18)14-16-5-9-21(10-6-16)13-17-4-3-7-19-12-17/h3-4,7-8,11-12,15-16H,5-6,9-10,13-14H2,1-2H3. The lowest BCUT2D eigenvalue weighted by Crippen LogP contribution is -2.34. The number of likely N-dealkylation sites (tertiary alicyclic amines) is 1. The van der Waals surface area contributed by atoms with Gasteiger partial charge in [-0.25, -0.2) is 4.98 Å². The molecule has 2 aromatic rings. The molecule has 1 fully saturated rings. The predicted octanol–water partition coefficient (Wildman–Crippen LogP) is 3.31. The van der Waals surface area contributed by atoms with Crippen LogP contribution in [0.1, 0.15) is 44.0 Å². The van der Waals surface area contributed by atoms with Crippen molar-refractivity contribution < 1.29 is 0 Å². The number of hydrogen-bond donors (Lipinski definition) is 0. The first-order valence-corrected chi connectivity index (χ1v) is 8.34. The van der Waals surface area contributed by atoms with E-state index >= 15 is 0 Å². The van der Waals surface area contributed by atoms with E-state index in [-0.39, 0.29) is 0 Å². The van der Waals surface area contributed by atoms with Gasteiger partial charge in [-0.15, -0.1) is 0 Å². The first-order valence-electron chi connectivity index (χ1n) is 8.34. The number of piperidine rings is 1. The van der Waals surface area contributed by atoms with Crippen LogP contribution in [0.5, 0.6) is 0 Å². The summed E-state index contributed by atoms with van der Waals surface area (Å²) in [5.41, 5.74) is 1.32. The zero-order chi connectivity index (χ0) is 15.4. The summed E-state index contributed by atoms with van der Waals surface area (Å²) in [7, 11) is 0. The Morgan fingerprint density at radius 1 is 1.23 bits per heavy atom. The number of pyridine rings is 1. The first-order chi connectivity index (χ1) is 10.7. The Kier molecular flexibility index (Phi) is 4.88. The van der Waals surface area contributed by atoms with Gasteiger partial charge in [-0.3, -0.25) is 9.88 Å². The normalized spacial score (nSPS) is 17.2. The number of hydrogen-bond acceptors (Lipinski definition) is 3. The maximum Gasteiger partial charge on any atom is 0.111 e. The van der Waals surface area contributed by atoms with Crippen molar-refractivity contribution >= 4 is 0 Å². The summed E-state index contributed by atoms with van der Waals surface area (Å²) in [5.74, 6) is 2.50. The van der Waals surface area contributed by atoms with Gasteiger partial charge in [0.2, 0.25) is 0 Å². The molecule has 1 saturated heterocycles. The maximum atomic E-state index is 4.50. The quantitative estimate of drug-likeness (QED) is 0.849. The Morgan fingerprint density at radius 3 is 2.73 bits per heavy atom. The first kappa shape index (κ1) is 15.2. The van der Waals surface area contributed by atoms with Crippen LogP contribution in [0.2, 0.25) is 0 Å². The van der Waals surface area contributed by atoms with Crippen LogP contribution < -0.4 is 0 Å². The van der Waals surface area contributed by atoms with E-state index < -0.39 is 0 Å². The molecule has 0 aromatic carbocycles. The maximum absolute atomic E-state index is 4.50. The Balaban J connectivity index is 1.50. The summed E-state index contributed by atoms with van der Waals surface area (Å²) < 4.78 is 2.35. The third-order valence-electron chi connectivity index (χ3n) is 4.56. The van der Waals surface area contributed by atoms with Gasteiger partial charge in [0.05, 0.1) is 0 Å². The zero-order valence-electron chi connectivity index (χ0n) is 13.7. The van der Waals surface area contributed by atoms with E-state index in [1.54, 1.807) is 0 Å². The van der Waals surface area contributed by atoms with Gasteiger partial charge in [0.15, 0.2) is 0 Å². The molecule has 0 spiro atoms. The van der Waals surface area contributed by atoms with E-state index in [4.69, 9.17) is 0 Å². The molecular weight excluding hydrogens is 272 g/mol. The molecule has 4 nitrogen and oxygen atoms in total. The lowest BCUT2D eigenvalue weighted by atomic mass is 9.96. The molecule has 0 atom stereocenters. The Hall–Kier alpha value is -1.68. The van der Waals surface area contributed by atoms with Crippen molar-refractivity contribution in [1.82, 2.24) is 19.4 Å².